The first kappa shape index (κ1) is 16.4. The molecule has 1 N–H and O–H groups in total. The third-order valence-electron chi connectivity index (χ3n) is 3.68. The molecule has 6 nitrogen and oxygen atoms in total. The largest absolute Gasteiger partial charge is 0.497 e. The van der Waals surface area contributed by atoms with Crippen molar-refractivity contribution in [2.24, 2.45) is 0 Å². The molecule has 0 fully saturated rings. The molecule has 126 valence electrons. The van der Waals surface area contributed by atoms with Gasteiger partial charge >= 0.3 is 0 Å². The van der Waals surface area contributed by atoms with Gasteiger partial charge in [-0.15, -0.1) is 0 Å². The van der Waals surface area contributed by atoms with Gasteiger partial charge in [-0.3, -0.25) is 4.79 Å². The molecule has 0 spiro atoms. The highest BCUT2D eigenvalue weighted by Crippen LogP contribution is 2.21. The number of nitrogens with zero attached hydrogens (tertiary/aromatic N) is 3. The van der Waals surface area contributed by atoms with Gasteiger partial charge in [0.1, 0.15) is 23.6 Å². The Morgan fingerprint density at radius 2 is 1.84 bits per heavy atom. The Hall–Kier alpha value is -3.41. The van der Waals surface area contributed by atoms with Gasteiger partial charge in [0, 0.05) is 30.6 Å². The van der Waals surface area contributed by atoms with Gasteiger partial charge in [-0.05, 0) is 24.3 Å². The number of anilines is 3. The highest BCUT2D eigenvalue weighted by atomic mass is 16.5. The summed E-state index contributed by atoms with van der Waals surface area (Å²) >= 11 is 0. The molecule has 25 heavy (non-hydrogen) atoms. The topological polar surface area (TPSA) is 67.3 Å². The van der Waals surface area contributed by atoms with Crippen LogP contribution >= 0.6 is 0 Å². The summed E-state index contributed by atoms with van der Waals surface area (Å²) in [6.07, 6.45) is 1.37. The predicted molar refractivity (Wildman–Crippen MR) is 97.5 cm³/mol. The summed E-state index contributed by atoms with van der Waals surface area (Å²) in [5.41, 5.74) is 1.92. The fourth-order valence-corrected chi connectivity index (χ4v) is 2.33. The Bertz CT molecular complexity index is 868. The van der Waals surface area contributed by atoms with Gasteiger partial charge in [0.25, 0.3) is 5.91 Å². The minimum absolute atomic E-state index is 0.206. The fourth-order valence-electron chi connectivity index (χ4n) is 2.33. The van der Waals surface area contributed by atoms with E-state index in [9.17, 15) is 4.79 Å². The third kappa shape index (κ3) is 3.92. The van der Waals surface area contributed by atoms with Crippen molar-refractivity contribution in [2.45, 2.75) is 0 Å². The molecular formula is C19H18N4O2. The molecule has 0 aliphatic heterocycles. The number of ether oxygens (including phenoxy) is 1. The maximum Gasteiger partial charge on any atom is 0.276 e. The van der Waals surface area contributed by atoms with Gasteiger partial charge in [0.05, 0.1) is 7.11 Å². The molecule has 0 aliphatic carbocycles. The molecule has 0 unspecified atom stereocenters. The zero-order valence-electron chi connectivity index (χ0n) is 14.0. The molecule has 2 aromatic carbocycles. The zero-order chi connectivity index (χ0) is 17.6. The molecule has 1 aromatic heterocycles. The van der Waals surface area contributed by atoms with Crippen molar-refractivity contribution < 1.29 is 9.53 Å². The first-order valence-electron chi connectivity index (χ1n) is 7.73. The summed E-state index contributed by atoms with van der Waals surface area (Å²) < 4.78 is 5.20. The average molecular weight is 334 g/mol. The minimum Gasteiger partial charge on any atom is -0.497 e. The number of hydrogen-bond acceptors (Lipinski definition) is 5. The van der Waals surface area contributed by atoms with Crippen molar-refractivity contribution in [2.75, 3.05) is 24.4 Å². The van der Waals surface area contributed by atoms with Crippen molar-refractivity contribution in [1.82, 2.24) is 9.97 Å². The van der Waals surface area contributed by atoms with Crippen LogP contribution in [0.25, 0.3) is 0 Å². The van der Waals surface area contributed by atoms with Gasteiger partial charge in [-0.25, -0.2) is 9.97 Å². The van der Waals surface area contributed by atoms with Crippen LogP contribution in [0.5, 0.6) is 5.75 Å². The predicted octanol–water partition coefficient (Wildman–Crippen LogP) is 3.51. The van der Waals surface area contributed by atoms with E-state index in [4.69, 9.17) is 4.74 Å². The van der Waals surface area contributed by atoms with Gasteiger partial charge in [0.15, 0.2) is 0 Å². The van der Waals surface area contributed by atoms with Crippen molar-refractivity contribution in [3.63, 3.8) is 0 Å². The van der Waals surface area contributed by atoms with Crippen LogP contribution in [0, 0.1) is 0 Å². The van der Waals surface area contributed by atoms with Crippen molar-refractivity contribution in [3.05, 3.63) is 72.7 Å². The Morgan fingerprint density at radius 3 is 2.60 bits per heavy atom. The van der Waals surface area contributed by atoms with Crippen molar-refractivity contribution in [1.29, 1.82) is 0 Å². The van der Waals surface area contributed by atoms with Crippen LogP contribution in [0.15, 0.2) is 67.0 Å². The number of carbonyl (C=O) groups excluding carboxylic acids is 1. The summed E-state index contributed by atoms with van der Waals surface area (Å²) in [5.74, 6) is 1.06. The molecule has 0 atom stereocenters. The third-order valence-corrected chi connectivity index (χ3v) is 3.68. The molecule has 0 saturated heterocycles. The first-order valence-corrected chi connectivity index (χ1v) is 7.73. The van der Waals surface area contributed by atoms with E-state index in [2.05, 4.69) is 15.3 Å². The molecule has 0 bridgehead atoms. The number of rotatable bonds is 5. The lowest BCUT2D eigenvalue weighted by Crippen LogP contribution is -2.27. The van der Waals surface area contributed by atoms with Crippen LogP contribution in [0.2, 0.25) is 0 Å². The van der Waals surface area contributed by atoms with Gasteiger partial charge in [0.2, 0.25) is 0 Å². The van der Waals surface area contributed by atoms with E-state index in [0.29, 0.717) is 11.5 Å². The lowest BCUT2D eigenvalue weighted by atomic mass is 10.2. The molecule has 3 aromatic rings. The fraction of sp³-hybridized carbons (Fsp3) is 0.105. The second kappa shape index (κ2) is 7.44. The molecule has 0 radical (unpaired) electrons. The van der Waals surface area contributed by atoms with Gasteiger partial charge in [-0.2, -0.15) is 0 Å². The van der Waals surface area contributed by atoms with Crippen LogP contribution in [0.3, 0.4) is 0 Å². The number of para-hydroxylation sites is 1. The normalized spacial score (nSPS) is 10.2. The number of aromatic nitrogens is 2. The highest BCUT2D eigenvalue weighted by Gasteiger charge is 2.15. The first-order chi connectivity index (χ1) is 12.2. The van der Waals surface area contributed by atoms with E-state index >= 15 is 0 Å². The lowest BCUT2D eigenvalue weighted by Gasteiger charge is -2.17. The van der Waals surface area contributed by atoms with Gasteiger partial charge < -0.3 is 15.0 Å². The Kier molecular flexibility index (Phi) is 4.89. The van der Waals surface area contributed by atoms with E-state index in [0.717, 1.165) is 17.1 Å². The second-order valence-electron chi connectivity index (χ2n) is 5.35. The van der Waals surface area contributed by atoms with Crippen LogP contribution < -0.4 is 15.0 Å². The highest BCUT2D eigenvalue weighted by molar-refractivity contribution is 6.04. The maximum absolute atomic E-state index is 12.6. The van der Waals surface area contributed by atoms with Gasteiger partial charge in [-0.1, -0.05) is 24.3 Å². The Morgan fingerprint density at radius 1 is 1.04 bits per heavy atom. The van der Waals surface area contributed by atoms with Crippen molar-refractivity contribution >= 4 is 23.1 Å². The minimum atomic E-state index is -0.206. The van der Waals surface area contributed by atoms with E-state index in [1.54, 1.807) is 25.1 Å². The smallest absolute Gasteiger partial charge is 0.276 e. The van der Waals surface area contributed by atoms with E-state index < -0.39 is 0 Å². The Labute approximate surface area is 146 Å². The standard InChI is InChI=1S/C19H18N4O2/c1-23(15-8-4-3-5-9-15)19(24)17-12-18(21-13-20-17)22-14-7-6-10-16(11-14)25-2/h3-13H,1-2H3,(H,20,21,22). The van der Waals surface area contributed by atoms with Crippen LogP contribution in [-0.2, 0) is 0 Å². The zero-order valence-corrected chi connectivity index (χ0v) is 14.0. The quantitative estimate of drug-likeness (QED) is 0.773. The molecular weight excluding hydrogens is 316 g/mol. The summed E-state index contributed by atoms with van der Waals surface area (Å²) in [7, 11) is 3.33. The monoisotopic (exact) mass is 334 g/mol. The molecule has 3 rings (SSSR count). The van der Waals surface area contributed by atoms with E-state index in [1.807, 2.05) is 54.6 Å². The number of methoxy groups -OCH3 is 1. The SMILES string of the molecule is COc1cccc(Nc2cc(C(=O)N(C)c3ccccc3)ncn2)c1. The molecule has 6 heteroatoms. The molecule has 0 saturated carbocycles. The average Bonchev–Trinajstić information content (AvgIpc) is 2.68. The van der Waals surface area contributed by atoms with Crippen LogP contribution in [0.4, 0.5) is 17.2 Å². The number of carbonyl (C=O) groups is 1. The van der Waals surface area contributed by atoms with Crippen LogP contribution in [-0.4, -0.2) is 30.0 Å². The van der Waals surface area contributed by atoms with Crippen molar-refractivity contribution in [3.8, 4) is 5.75 Å². The maximum atomic E-state index is 12.6. The molecule has 1 amide bonds. The molecule has 1 heterocycles. The van der Waals surface area contributed by atoms with E-state index in [1.165, 1.54) is 6.33 Å². The summed E-state index contributed by atoms with van der Waals surface area (Å²) in [5, 5.41) is 3.15. The number of benzene rings is 2. The summed E-state index contributed by atoms with van der Waals surface area (Å²) in [4.78, 5) is 22.5. The second-order valence-corrected chi connectivity index (χ2v) is 5.35. The van der Waals surface area contributed by atoms with E-state index in [-0.39, 0.29) is 5.91 Å². The lowest BCUT2D eigenvalue weighted by molar-refractivity contribution is 0.0988. The number of amides is 1. The van der Waals surface area contributed by atoms with Crippen LogP contribution in [0.1, 0.15) is 10.5 Å². The Balaban J connectivity index is 1.80. The summed E-state index contributed by atoms with van der Waals surface area (Å²) in [6.45, 7) is 0. The summed E-state index contributed by atoms with van der Waals surface area (Å²) in [6, 6.07) is 18.5. The number of hydrogen-bond donors (Lipinski definition) is 1. The number of nitrogens with one attached hydrogen (secondary N) is 1. The molecule has 0 aliphatic rings.